The van der Waals surface area contributed by atoms with Gasteiger partial charge in [-0.25, -0.2) is 8.42 Å². The second-order valence-electron chi connectivity index (χ2n) is 4.79. The molecule has 0 saturated carbocycles. The predicted molar refractivity (Wildman–Crippen MR) is 82.0 cm³/mol. The van der Waals surface area contributed by atoms with Gasteiger partial charge in [0.2, 0.25) is 0 Å². The van der Waals surface area contributed by atoms with Crippen LogP contribution in [0.4, 0.5) is 0 Å². The van der Waals surface area contributed by atoms with Gasteiger partial charge in [0.15, 0.2) is 9.84 Å². The first kappa shape index (κ1) is 15.3. The van der Waals surface area contributed by atoms with E-state index in [-0.39, 0.29) is 10.8 Å². The zero-order chi connectivity index (χ0) is 15.3. The van der Waals surface area contributed by atoms with Crippen LogP contribution in [0.3, 0.4) is 0 Å². The normalized spacial score (nSPS) is 11.1. The SMILES string of the molecule is CS(=O)(=O)c1ccc(C(=O)NCCc2ccccc2)cc1. The van der Waals surface area contributed by atoms with E-state index in [1.54, 1.807) is 0 Å². The summed E-state index contributed by atoms with van der Waals surface area (Å²) in [6, 6.07) is 15.8. The van der Waals surface area contributed by atoms with Crippen molar-refractivity contribution in [1.82, 2.24) is 5.32 Å². The van der Waals surface area contributed by atoms with Crippen LogP contribution in [0.1, 0.15) is 15.9 Å². The van der Waals surface area contributed by atoms with Crippen LogP contribution in [-0.2, 0) is 16.3 Å². The number of carbonyl (C=O) groups excluding carboxylic acids is 1. The summed E-state index contributed by atoms with van der Waals surface area (Å²) in [5.41, 5.74) is 1.61. The average Bonchev–Trinajstić information content (AvgIpc) is 2.47. The van der Waals surface area contributed by atoms with Gasteiger partial charge in [-0.15, -0.1) is 0 Å². The number of hydrogen-bond acceptors (Lipinski definition) is 3. The molecule has 0 saturated heterocycles. The summed E-state index contributed by atoms with van der Waals surface area (Å²) in [5.74, 6) is -0.203. The summed E-state index contributed by atoms with van der Waals surface area (Å²) in [5, 5.41) is 2.82. The van der Waals surface area contributed by atoms with Crippen LogP contribution in [0, 0.1) is 0 Å². The molecule has 0 bridgehead atoms. The molecule has 0 aromatic heterocycles. The molecule has 0 aliphatic carbocycles. The monoisotopic (exact) mass is 303 g/mol. The van der Waals surface area contributed by atoms with E-state index < -0.39 is 9.84 Å². The maximum absolute atomic E-state index is 11.9. The molecule has 0 spiro atoms. The summed E-state index contributed by atoms with van der Waals surface area (Å²) >= 11 is 0. The van der Waals surface area contributed by atoms with Crippen molar-refractivity contribution in [1.29, 1.82) is 0 Å². The maximum Gasteiger partial charge on any atom is 0.251 e. The highest BCUT2D eigenvalue weighted by Crippen LogP contribution is 2.10. The van der Waals surface area contributed by atoms with E-state index in [1.165, 1.54) is 24.3 Å². The van der Waals surface area contributed by atoms with Gasteiger partial charge in [-0.2, -0.15) is 0 Å². The average molecular weight is 303 g/mol. The second kappa shape index (κ2) is 6.54. The summed E-state index contributed by atoms with van der Waals surface area (Å²) in [6.07, 6.45) is 1.90. The van der Waals surface area contributed by atoms with Crippen LogP contribution < -0.4 is 5.32 Å². The molecule has 5 heteroatoms. The van der Waals surface area contributed by atoms with E-state index in [0.29, 0.717) is 12.1 Å². The van der Waals surface area contributed by atoms with E-state index in [0.717, 1.165) is 18.2 Å². The molecule has 0 aliphatic rings. The van der Waals surface area contributed by atoms with E-state index in [9.17, 15) is 13.2 Å². The lowest BCUT2D eigenvalue weighted by molar-refractivity contribution is 0.0954. The highest BCUT2D eigenvalue weighted by Gasteiger charge is 2.09. The second-order valence-corrected chi connectivity index (χ2v) is 6.80. The fraction of sp³-hybridized carbons (Fsp3) is 0.188. The van der Waals surface area contributed by atoms with E-state index in [4.69, 9.17) is 0 Å². The highest BCUT2D eigenvalue weighted by molar-refractivity contribution is 7.90. The van der Waals surface area contributed by atoms with E-state index >= 15 is 0 Å². The number of rotatable bonds is 5. The minimum Gasteiger partial charge on any atom is -0.352 e. The van der Waals surface area contributed by atoms with Gasteiger partial charge in [0, 0.05) is 18.4 Å². The highest BCUT2D eigenvalue weighted by atomic mass is 32.2. The Kier molecular flexibility index (Phi) is 4.75. The fourth-order valence-electron chi connectivity index (χ4n) is 1.92. The number of carbonyl (C=O) groups is 1. The molecule has 0 atom stereocenters. The Morgan fingerprint density at radius 1 is 1.00 bits per heavy atom. The van der Waals surface area contributed by atoms with Crippen LogP contribution in [0.15, 0.2) is 59.5 Å². The molecule has 0 aliphatic heterocycles. The van der Waals surface area contributed by atoms with Gasteiger partial charge in [0.1, 0.15) is 0 Å². The molecule has 2 aromatic rings. The Bertz CT molecular complexity index is 707. The lowest BCUT2D eigenvalue weighted by Crippen LogP contribution is -2.25. The minimum atomic E-state index is -3.23. The van der Waals surface area contributed by atoms with Gasteiger partial charge in [-0.05, 0) is 36.2 Å². The minimum absolute atomic E-state index is 0.203. The topological polar surface area (TPSA) is 63.2 Å². The summed E-state index contributed by atoms with van der Waals surface area (Å²) < 4.78 is 22.7. The third-order valence-electron chi connectivity index (χ3n) is 3.09. The van der Waals surface area contributed by atoms with Crippen molar-refractivity contribution in [3.05, 3.63) is 65.7 Å². The van der Waals surface area contributed by atoms with Crippen molar-refractivity contribution < 1.29 is 13.2 Å². The van der Waals surface area contributed by atoms with Crippen LogP contribution in [0.25, 0.3) is 0 Å². The predicted octanol–water partition coefficient (Wildman–Crippen LogP) is 2.06. The molecule has 0 unspecified atom stereocenters. The molecule has 21 heavy (non-hydrogen) atoms. The zero-order valence-corrected chi connectivity index (χ0v) is 12.6. The smallest absolute Gasteiger partial charge is 0.251 e. The quantitative estimate of drug-likeness (QED) is 0.919. The largest absolute Gasteiger partial charge is 0.352 e. The van der Waals surface area contributed by atoms with Gasteiger partial charge in [0.05, 0.1) is 4.90 Å². The number of hydrogen-bond donors (Lipinski definition) is 1. The molecule has 1 N–H and O–H groups in total. The van der Waals surface area contributed by atoms with Gasteiger partial charge in [0.25, 0.3) is 5.91 Å². The van der Waals surface area contributed by atoms with E-state index in [2.05, 4.69) is 5.32 Å². The molecule has 110 valence electrons. The molecule has 0 radical (unpaired) electrons. The molecular formula is C16H17NO3S. The molecular weight excluding hydrogens is 286 g/mol. The lowest BCUT2D eigenvalue weighted by atomic mass is 10.1. The zero-order valence-electron chi connectivity index (χ0n) is 11.7. The van der Waals surface area contributed by atoms with Crippen LogP contribution >= 0.6 is 0 Å². The van der Waals surface area contributed by atoms with Gasteiger partial charge in [-0.1, -0.05) is 30.3 Å². The third kappa shape index (κ3) is 4.43. The Morgan fingerprint density at radius 3 is 2.19 bits per heavy atom. The third-order valence-corrected chi connectivity index (χ3v) is 4.22. The summed E-state index contributed by atoms with van der Waals surface area (Å²) in [4.78, 5) is 12.1. The van der Waals surface area contributed by atoms with Crippen LogP contribution in [0.2, 0.25) is 0 Å². The first-order chi connectivity index (χ1) is 9.97. The van der Waals surface area contributed by atoms with Gasteiger partial charge in [-0.3, -0.25) is 4.79 Å². The summed E-state index contributed by atoms with van der Waals surface area (Å²) in [7, 11) is -3.23. The fourth-order valence-corrected chi connectivity index (χ4v) is 2.55. The first-order valence-electron chi connectivity index (χ1n) is 6.59. The Labute approximate surface area is 124 Å². The standard InChI is InChI=1S/C16H17NO3S/c1-21(19,20)15-9-7-14(8-10-15)16(18)17-12-11-13-5-3-2-4-6-13/h2-10H,11-12H2,1H3,(H,17,18). The van der Waals surface area contributed by atoms with Crippen LogP contribution in [0.5, 0.6) is 0 Å². The van der Waals surface area contributed by atoms with Crippen molar-refractivity contribution in [3.8, 4) is 0 Å². The molecule has 1 amide bonds. The van der Waals surface area contributed by atoms with Crippen molar-refractivity contribution in [3.63, 3.8) is 0 Å². The molecule has 0 heterocycles. The number of benzene rings is 2. The first-order valence-corrected chi connectivity index (χ1v) is 8.48. The molecule has 2 aromatic carbocycles. The molecule has 0 fully saturated rings. The lowest BCUT2D eigenvalue weighted by Gasteiger charge is -2.06. The Hall–Kier alpha value is -2.14. The summed E-state index contributed by atoms with van der Waals surface area (Å²) in [6.45, 7) is 0.538. The van der Waals surface area contributed by atoms with Crippen molar-refractivity contribution in [2.45, 2.75) is 11.3 Å². The van der Waals surface area contributed by atoms with Crippen molar-refractivity contribution in [2.75, 3.05) is 12.8 Å². The number of amides is 1. The molecule has 2 rings (SSSR count). The van der Waals surface area contributed by atoms with Crippen molar-refractivity contribution >= 4 is 15.7 Å². The Balaban J connectivity index is 1.92. The number of nitrogens with one attached hydrogen (secondary N) is 1. The molecule has 4 nitrogen and oxygen atoms in total. The Morgan fingerprint density at radius 2 is 1.62 bits per heavy atom. The number of sulfone groups is 1. The van der Waals surface area contributed by atoms with Crippen LogP contribution in [-0.4, -0.2) is 27.1 Å². The van der Waals surface area contributed by atoms with Crippen molar-refractivity contribution in [2.24, 2.45) is 0 Å². The van der Waals surface area contributed by atoms with Gasteiger partial charge < -0.3 is 5.32 Å². The maximum atomic E-state index is 11.9. The van der Waals surface area contributed by atoms with E-state index in [1.807, 2.05) is 30.3 Å². The van der Waals surface area contributed by atoms with Gasteiger partial charge >= 0.3 is 0 Å².